The summed E-state index contributed by atoms with van der Waals surface area (Å²) in [4.78, 5) is 64.1. The van der Waals surface area contributed by atoms with Gasteiger partial charge < -0.3 is 15.0 Å². The average Bonchev–Trinajstić information content (AvgIpc) is 3.91. The Hall–Kier alpha value is -5.50. The quantitative estimate of drug-likeness (QED) is 0.137. The molecular formula is C46H57FN10O7S. The summed E-state index contributed by atoms with van der Waals surface area (Å²) in [5.74, 6) is -0.609. The Bertz CT molecular complexity index is 2860. The van der Waals surface area contributed by atoms with Crippen LogP contribution in [0, 0.1) is 18.7 Å². The molecule has 2 atom stereocenters. The highest BCUT2D eigenvalue weighted by atomic mass is 32.2. The minimum atomic E-state index is -3.82. The van der Waals surface area contributed by atoms with Gasteiger partial charge in [-0.2, -0.15) is 4.98 Å². The number of imide groups is 1. The maximum Gasteiger partial charge on any atom is 0.329 e. The van der Waals surface area contributed by atoms with Crippen molar-refractivity contribution in [1.29, 1.82) is 0 Å². The number of carbonyl (C=O) groups excluding carboxylic acids is 2. The van der Waals surface area contributed by atoms with Crippen molar-refractivity contribution in [3.63, 3.8) is 0 Å². The lowest BCUT2D eigenvalue weighted by molar-refractivity contribution is -0.135. The van der Waals surface area contributed by atoms with Gasteiger partial charge in [0.15, 0.2) is 5.82 Å². The molecule has 4 aliphatic rings. The Morgan fingerprint density at radius 1 is 0.923 bits per heavy atom. The van der Waals surface area contributed by atoms with Crippen molar-refractivity contribution >= 4 is 61.2 Å². The molecule has 5 aromatic rings. The summed E-state index contributed by atoms with van der Waals surface area (Å²) in [6, 6.07) is 10.8. The van der Waals surface area contributed by atoms with E-state index in [0.29, 0.717) is 53.1 Å². The molecule has 2 aromatic carbocycles. The molecule has 3 aromatic heterocycles. The Kier molecular flexibility index (Phi) is 12.7. The van der Waals surface area contributed by atoms with Crippen molar-refractivity contribution in [1.82, 2.24) is 38.6 Å². The first-order chi connectivity index (χ1) is 31.2. The number of fused-ring (bicyclic) bond motifs is 2. The van der Waals surface area contributed by atoms with E-state index in [1.54, 1.807) is 53.2 Å². The van der Waals surface area contributed by atoms with Crippen LogP contribution in [0.3, 0.4) is 0 Å². The van der Waals surface area contributed by atoms with Gasteiger partial charge in [0.2, 0.25) is 27.8 Å². The maximum atomic E-state index is 16.1. The lowest BCUT2D eigenvalue weighted by Crippen LogP contribution is -2.48. The molecule has 5 heterocycles. The molecule has 4 fully saturated rings. The fourth-order valence-electron chi connectivity index (χ4n) is 10.2. The van der Waals surface area contributed by atoms with Gasteiger partial charge in [0, 0.05) is 82.1 Å². The summed E-state index contributed by atoms with van der Waals surface area (Å²) < 4.78 is 56.3. The van der Waals surface area contributed by atoms with E-state index in [9.17, 15) is 27.6 Å². The minimum Gasteiger partial charge on any atom is -0.374 e. The number of sulfonamides is 1. The highest BCUT2D eigenvalue weighted by Crippen LogP contribution is 2.33. The number of ether oxygens (including phenoxy) is 1. The third-order valence-corrected chi connectivity index (χ3v) is 15.2. The van der Waals surface area contributed by atoms with Crippen LogP contribution in [0.4, 0.5) is 21.7 Å². The molecule has 2 saturated carbocycles. The van der Waals surface area contributed by atoms with Crippen molar-refractivity contribution in [2.45, 2.75) is 107 Å². The third-order valence-electron chi connectivity index (χ3n) is 13.8. The number of halogens is 1. The van der Waals surface area contributed by atoms with Crippen molar-refractivity contribution in [2.75, 3.05) is 49.5 Å². The molecule has 0 spiro atoms. The third kappa shape index (κ3) is 9.20. The van der Waals surface area contributed by atoms with E-state index in [-0.39, 0.29) is 59.5 Å². The van der Waals surface area contributed by atoms with E-state index in [2.05, 4.69) is 25.2 Å². The molecule has 2 aliphatic carbocycles. The number of piperidine rings is 1. The van der Waals surface area contributed by atoms with Crippen molar-refractivity contribution in [3.8, 4) is 0 Å². The van der Waals surface area contributed by atoms with Gasteiger partial charge in [0.1, 0.15) is 17.2 Å². The van der Waals surface area contributed by atoms with Crippen LogP contribution in [0.1, 0.15) is 88.8 Å². The fraction of sp³-hybridized carbons (Fsp3) is 0.522. The van der Waals surface area contributed by atoms with Crippen LogP contribution in [0.5, 0.6) is 0 Å². The zero-order valence-corrected chi connectivity index (χ0v) is 37.9. The molecule has 65 heavy (non-hydrogen) atoms. The molecule has 0 radical (unpaired) electrons. The normalized spacial score (nSPS) is 21.9. The van der Waals surface area contributed by atoms with Gasteiger partial charge in [-0.3, -0.25) is 38.3 Å². The number of imidazole rings is 1. The molecule has 9 rings (SSSR count). The SMILES string of the molecule is Cc1cc(S(=O)(=O)NCC(C)OC2CCC(CN3CCN(c4ccc5c(c4F)n(C)c(=O)n5C4CCC(=O)NC4=O)CC3)CC2)ccc1Nc1ncc2ccc(=O)n(C3CCCC3)c2n1. The number of aryl methyl sites for hydroxylation is 2. The van der Waals surface area contributed by atoms with Crippen molar-refractivity contribution < 1.29 is 27.1 Å². The van der Waals surface area contributed by atoms with E-state index in [4.69, 9.17) is 9.72 Å². The molecule has 2 saturated heterocycles. The predicted octanol–water partition coefficient (Wildman–Crippen LogP) is 4.79. The number of rotatable bonds is 13. The van der Waals surface area contributed by atoms with Crippen LogP contribution in [-0.2, 0) is 31.4 Å². The van der Waals surface area contributed by atoms with E-state index in [0.717, 1.165) is 76.4 Å². The second-order valence-electron chi connectivity index (χ2n) is 18.2. The standard InChI is InChI=1S/C46H57FN10O7S/c1-28-24-34(13-14-35(28)50-45-48-26-31-10-19-40(59)56(43(31)52-45)32-6-4-5-7-32)65(62,63)49-25-29(2)64-33-11-8-30(9-12-33)27-54-20-22-55(23-21-54)36-15-16-37-42(41(36)47)53(3)46(61)57(37)38-17-18-39(58)51-44(38)60/h10,13-16,19,24,26,29-30,32-33,38,49H,4-9,11-12,17-18,20-23,25,27H2,1-3H3,(H,48,50,52)(H,51,58,60). The zero-order valence-electron chi connectivity index (χ0n) is 37.1. The summed E-state index contributed by atoms with van der Waals surface area (Å²) in [5, 5.41) is 6.29. The first-order valence-corrected chi connectivity index (χ1v) is 24.3. The first-order valence-electron chi connectivity index (χ1n) is 22.9. The molecule has 2 amide bonds. The highest BCUT2D eigenvalue weighted by Gasteiger charge is 2.33. The molecule has 19 heteroatoms. The molecule has 2 aliphatic heterocycles. The van der Waals surface area contributed by atoms with E-state index < -0.39 is 33.5 Å². The largest absolute Gasteiger partial charge is 0.374 e. The summed E-state index contributed by atoms with van der Waals surface area (Å²) in [6.07, 6.45) is 9.52. The Balaban J connectivity index is 0.728. The van der Waals surface area contributed by atoms with E-state index in [1.807, 2.05) is 18.7 Å². The second-order valence-corrected chi connectivity index (χ2v) is 20.0. The van der Waals surface area contributed by atoms with Crippen LogP contribution < -0.4 is 31.5 Å². The Labute approximate surface area is 376 Å². The molecule has 2 unspecified atom stereocenters. The predicted molar refractivity (Wildman–Crippen MR) is 244 cm³/mol. The number of benzene rings is 2. The van der Waals surface area contributed by atoms with Crippen LogP contribution in [0.25, 0.3) is 22.1 Å². The Morgan fingerprint density at radius 3 is 2.40 bits per heavy atom. The molecular weight excluding hydrogens is 856 g/mol. The fourth-order valence-corrected chi connectivity index (χ4v) is 11.4. The van der Waals surface area contributed by atoms with Crippen molar-refractivity contribution in [2.24, 2.45) is 13.0 Å². The summed E-state index contributed by atoms with van der Waals surface area (Å²) in [7, 11) is -2.32. The number of nitrogens with zero attached hydrogens (tertiary/aromatic N) is 7. The van der Waals surface area contributed by atoms with Gasteiger partial charge in [-0.1, -0.05) is 12.8 Å². The summed E-state index contributed by atoms with van der Waals surface area (Å²) in [6.45, 7) is 7.57. The number of amides is 2. The van der Waals surface area contributed by atoms with Crippen LogP contribution >= 0.6 is 0 Å². The van der Waals surface area contributed by atoms with Crippen LogP contribution in [-0.4, -0.2) is 100 Å². The first kappa shape index (κ1) is 44.7. The maximum absolute atomic E-state index is 16.1. The highest BCUT2D eigenvalue weighted by molar-refractivity contribution is 7.89. The van der Waals surface area contributed by atoms with E-state index in [1.165, 1.54) is 16.2 Å². The molecule has 17 nitrogen and oxygen atoms in total. The number of nitrogens with one attached hydrogen (secondary N) is 3. The number of anilines is 3. The average molecular weight is 913 g/mol. The number of carbonyl (C=O) groups is 2. The molecule has 346 valence electrons. The van der Waals surface area contributed by atoms with Gasteiger partial charge >= 0.3 is 5.69 Å². The number of hydrogen-bond donors (Lipinski definition) is 3. The molecule has 3 N–H and O–H groups in total. The van der Waals surface area contributed by atoms with Gasteiger partial charge in [0.25, 0.3) is 5.56 Å². The minimum absolute atomic E-state index is 0.0408. The smallest absolute Gasteiger partial charge is 0.329 e. The van der Waals surface area contributed by atoms with Crippen LogP contribution in [0.15, 0.2) is 63.1 Å². The van der Waals surface area contributed by atoms with Gasteiger partial charge in [-0.15, -0.1) is 0 Å². The summed E-state index contributed by atoms with van der Waals surface area (Å²) in [5.41, 5.74) is 2.26. The lowest BCUT2D eigenvalue weighted by Gasteiger charge is -2.39. The Morgan fingerprint density at radius 2 is 1.68 bits per heavy atom. The molecule has 0 bridgehead atoms. The number of pyridine rings is 1. The van der Waals surface area contributed by atoms with Gasteiger partial charge in [-0.05, 0) is 107 Å². The van der Waals surface area contributed by atoms with Crippen molar-refractivity contribution in [3.05, 3.63) is 80.9 Å². The monoisotopic (exact) mass is 912 g/mol. The van der Waals surface area contributed by atoms with E-state index >= 15 is 4.39 Å². The van der Waals surface area contributed by atoms with Crippen LogP contribution in [0.2, 0.25) is 0 Å². The number of aromatic nitrogens is 5. The van der Waals surface area contributed by atoms with Gasteiger partial charge in [-0.25, -0.2) is 27.3 Å². The van der Waals surface area contributed by atoms with Gasteiger partial charge in [0.05, 0.1) is 28.3 Å². The number of piperazine rings is 1. The number of hydrogen-bond acceptors (Lipinski definition) is 12. The second kappa shape index (κ2) is 18.4. The topological polar surface area (TPSA) is 195 Å². The zero-order chi connectivity index (χ0) is 45.6. The summed E-state index contributed by atoms with van der Waals surface area (Å²) >= 11 is 0. The lowest BCUT2D eigenvalue weighted by atomic mass is 9.87.